The van der Waals surface area contributed by atoms with E-state index in [4.69, 9.17) is 58.1 Å². The predicted molar refractivity (Wildman–Crippen MR) is 143 cm³/mol. The number of rotatable bonds is 15. The topological polar surface area (TPSA) is 86.7 Å². The number of aryl methyl sites for hydroxylation is 2. The first-order chi connectivity index (χ1) is 17.0. The molecule has 12 heteroatoms. The van der Waals surface area contributed by atoms with Crippen molar-refractivity contribution in [3.05, 3.63) is 59.7 Å². The van der Waals surface area contributed by atoms with Crippen LogP contribution in [0.1, 0.15) is 11.1 Å². The molecule has 0 spiro atoms. The van der Waals surface area contributed by atoms with Crippen molar-refractivity contribution < 1.29 is 32.9 Å². The van der Waals surface area contributed by atoms with Crippen LogP contribution in [0.25, 0.3) is 0 Å². The molecule has 0 bridgehead atoms. The lowest BCUT2D eigenvalue weighted by Crippen LogP contribution is -2.34. The summed E-state index contributed by atoms with van der Waals surface area (Å²) in [5, 5.41) is 10.1. The third kappa shape index (κ3) is 10.0. The van der Waals surface area contributed by atoms with Gasteiger partial charge in [0, 0.05) is 13.7 Å². The summed E-state index contributed by atoms with van der Waals surface area (Å²) in [5.74, 6) is -0.422. The second kappa shape index (κ2) is 14.8. The van der Waals surface area contributed by atoms with Gasteiger partial charge in [0.05, 0.1) is 7.11 Å². The largest absolute Gasteiger partial charge is 0.497 e. The number of halogens is 3. The molecule has 1 N–H and O–H groups in total. The molecule has 0 aliphatic carbocycles. The van der Waals surface area contributed by atoms with E-state index in [1.807, 2.05) is 61.5 Å². The first-order valence-electron chi connectivity index (χ1n) is 11.1. The monoisotopic (exact) mass is 583 g/mol. The number of hydrogen-bond acceptors (Lipinski definition) is 8. The van der Waals surface area contributed by atoms with Gasteiger partial charge in [0.1, 0.15) is 24.2 Å². The zero-order valence-electron chi connectivity index (χ0n) is 20.7. The fourth-order valence-electron chi connectivity index (χ4n) is 3.30. The van der Waals surface area contributed by atoms with E-state index in [0.29, 0.717) is 6.54 Å². The minimum atomic E-state index is -4.16. The van der Waals surface area contributed by atoms with Crippen molar-refractivity contribution >= 4 is 42.4 Å². The van der Waals surface area contributed by atoms with Crippen LogP contribution in [0.15, 0.2) is 48.5 Å². The second-order valence-corrected chi connectivity index (χ2v) is 12.8. The fourth-order valence-corrected chi connectivity index (χ4v) is 5.39. The average molecular weight is 585 g/mol. The van der Waals surface area contributed by atoms with Crippen LogP contribution < -0.4 is 9.47 Å². The van der Waals surface area contributed by atoms with E-state index in [0.717, 1.165) is 42.6 Å². The van der Waals surface area contributed by atoms with Crippen LogP contribution in [0, 0.1) is 0 Å². The molecule has 0 heterocycles. The molecule has 3 atom stereocenters. The number of para-hydroxylation sites is 1. The van der Waals surface area contributed by atoms with Gasteiger partial charge < -0.3 is 28.7 Å². The number of aliphatic hydroxyl groups excluding tert-OH is 1. The number of benzene rings is 2. The minimum absolute atomic E-state index is 0.196. The highest BCUT2D eigenvalue weighted by atomic mass is 35.6. The van der Waals surface area contributed by atoms with E-state index in [2.05, 4.69) is 6.07 Å². The van der Waals surface area contributed by atoms with E-state index in [-0.39, 0.29) is 6.61 Å². The Balaban J connectivity index is 1.99. The van der Waals surface area contributed by atoms with Crippen molar-refractivity contribution in [2.75, 3.05) is 48.3 Å². The Morgan fingerprint density at radius 1 is 1.06 bits per heavy atom. The molecule has 0 aliphatic heterocycles. The van der Waals surface area contributed by atoms with Crippen LogP contribution in [0.3, 0.4) is 0 Å². The third-order valence-corrected chi connectivity index (χ3v) is 8.20. The first kappa shape index (κ1) is 31.2. The van der Waals surface area contributed by atoms with Gasteiger partial charge >= 0.3 is 7.60 Å². The van der Waals surface area contributed by atoms with E-state index in [1.165, 1.54) is 0 Å². The van der Waals surface area contributed by atoms with Gasteiger partial charge in [0.2, 0.25) is 9.64 Å². The normalized spacial score (nSPS) is 15.4. The highest BCUT2D eigenvalue weighted by Gasteiger charge is 2.47. The van der Waals surface area contributed by atoms with E-state index >= 15 is 0 Å². The standard InChI is InChI=1S/C24H33Cl3NO7P/c1-28(2)15-21(34-17-35-36(30,32-4)23(29)24(25,26)27)16-33-22-11-6-5-9-19(22)13-12-18-8-7-10-20(14-18)31-3/h5-11,14,21,23,29H,12-13,15-17H2,1-4H3/t21-,23?,36?/m0/s1. The van der Waals surface area contributed by atoms with Crippen molar-refractivity contribution in [2.24, 2.45) is 0 Å². The number of ether oxygens (including phenoxy) is 3. The van der Waals surface area contributed by atoms with Gasteiger partial charge in [-0.2, -0.15) is 0 Å². The van der Waals surface area contributed by atoms with E-state index in [1.54, 1.807) is 7.11 Å². The number of likely N-dealkylation sites (N-methyl/N-ethyl adjacent to an activating group) is 1. The Labute approximate surface area is 227 Å². The summed E-state index contributed by atoms with van der Waals surface area (Å²) >= 11 is 16.9. The maximum Gasteiger partial charge on any atom is 0.365 e. The molecule has 0 aromatic heterocycles. The van der Waals surface area contributed by atoms with Gasteiger partial charge in [-0.3, -0.25) is 9.09 Å². The smallest absolute Gasteiger partial charge is 0.365 e. The Bertz CT molecular complexity index is 990. The van der Waals surface area contributed by atoms with Crippen LogP contribution in [0.2, 0.25) is 0 Å². The predicted octanol–water partition coefficient (Wildman–Crippen LogP) is 5.31. The molecule has 0 fully saturated rings. The van der Waals surface area contributed by atoms with E-state index < -0.39 is 30.1 Å². The zero-order chi connectivity index (χ0) is 26.8. The highest BCUT2D eigenvalue weighted by molar-refractivity contribution is 7.55. The Morgan fingerprint density at radius 2 is 1.78 bits per heavy atom. The molecule has 0 amide bonds. The number of nitrogens with zero attached hydrogens (tertiary/aromatic N) is 1. The summed E-state index contributed by atoms with van der Waals surface area (Å²) in [6.45, 7) is 0.212. The summed E-state index contributed by atoms with van der Waals surface area (Å²) in [6, 6.07) is 15.8. The molecule has 0 radical (unpaired) electrons. The summed E-state index contributed by atoms with van der Waals surface area (Å²) in [6.07, 6.45) is 1.14. The van der Waals surface area contributed by atoms with Gasteiger partial charge in [-0.25, -0.2) is 0 Å². The molecule has 2 rings (SSSR count). The SMILES string of the molecule is COc1cccc(CCc2ccccc2OC[C@H](CN(C)C)OCOP(=O)(OC)C(O)C(Cl)(Cl)Cl)c1. The van der Waals surface area contributed by atoms with Crippen molar-refractivity contribution in [1.82, 2.24) is 4.90 Å². The molecule has 2 aromatic rings. The second-order valence-electron chi connectivity index (χ2n) is 8.21. The Kier molecular flexibility index (Phi) is 12.8. The molecule has 2 unspecified atom stereocenters. The molecule has 0 saturated carbocycles. The molecular weight excluding hydrogens is 552 g/mol. The van der Waals surface area contributed by atoms with Crippen LogP contribution in [0.5, 0.6) is 11.5 Å². The highest BCUT2D eigenvalue weighted by Crippen LogP contribution is 2.58. The van der Waals surface area contributed by atoms with Crippen molar-refractivity contribution in [3.8, 4) is 11.5 Å². The van der Waals surface area contributed by atoms with Crippen molar-refractivity contribution in [3.63, 3.8) is 0 Å². The van der Waals surface area contributed by atoms with Crippen LogP contribution in [-0.2, 0) is 31.2 Å². The maximum absolute atomic E-state index is 12.7. The summed E-state index contributed by atoms with van der Waals surface area (Å²) in [4.78, 5) is 1.91. The molecule has 0 saturated heterocycles. The third-order valence-electron chi connectivity index (χ3n) is 5.17. The van der Waals surface area contributed by atoms with Gasteiger partial charge in [0.25, 0.3) is 0 Å². The van der Waals surface area contributed by atoms with Gasteiger partial charge in [-0.05, 0) is 56.3 Å². The van der Waals surface area contributed by atoms with Crippen LogP contribution in [0.4, 0.5) is 0 Å². The molecule has 8 nitrogen and oxygen atoms in total. The first-order valence-corrected chi connectivity index (χ1v) is 13.9. The molecule has 202 valence electrons. The van der Waals surface area contributed by atoms with Gasteiger partial charge in [-0.15, -0.1) is 0 Å². The van der Waals surface area contributed by atoms with Crippen molar-refractivity contribution in [2.45, 2.75) is 28.6 Å². The number of methoxy groups -OCH3 is 1. The lowest BCUT2D eigenvalue weighted by Gasteiger charge is -2.27. The fraction of sp³-hybridized carbons (Fsp3) is 0.500. The van der Waals surface area contributed by atoms with Crippen LogP contribution in [-0.4, -0.2) is 74.0 Å². The Hall–Kier alpha value is -1.06. The van der Waals surface area contributed by atoms with E-state index in [9.17, 15) is 9.67 Å². The van der Waals surface area contributed by atoms with Gasteiger partial charge in [0.15, 0.2) is 6.79 Å². The number of hydrogen-bond donors (Lipinski definition) is 1. The molecular formula is C24H33Cl3NO7P. The summed E-state index contributed by atoms with van der Waals surface area (Å²) < 4.78 is 37.6. The van der Waals surface area contributed by atoms with Gasteiger partial charge in [-0.1, -0.05) is 65.1 Å². The zero-order valence-corrected chi connectivity index (χ0v) is 23.9. The quantitative estimate of drug-likeness (QED) is 0.171. The Morgan fingerprint density at radius 3 is 2.42 bits per heavy atom. The maximum atomic E-state index is 12.7. The van der Waals surface area contributed by atoms with Crippen molar-refractivity contribution in [1.29, 1.82) is 0 Å². The lowest BCUT2D eigenvalue weighted by molar-refractivity contribution is -0.0672. The number of aliphatic hydroxyl groups is 1. The molecule has 0 aliphatic rings. The summed E-state index contributed by atoms with van der Waals surface area (Å²) in [7, 11) is 2.34. The summed E-state index contributed by atoms with van der Waals surface area (Å²) in [5.41, 5.74) is 2.21. The number of alkyl halides is 3. The van der Waals surface area contributed by atoms with Crippen LogP contribution >= 0.6 is 42.4 Å². The minimum Gasteiger partial charge on any atom is -0.497 e. The molecule has 36 heavy (non-hydrogen) atoms. The molecule has 2 aromatic carbocycles. The lowest BCUT2D eigenvalue weighted by atomic mass is 10.0. The average Bonchev–Trinajstić information content (AvgIpc) is 2.85.